The Morgan fingerprint density at radius 3 is 2.56 bits per heavy atom. The summed E-state index contributed by atoms with van der Waals surface area (Å²) in [6.07, 6.45) is 4.83. The highest BCUT2D eigenvalue weighted by atomic mass is 16.2. The summed E-state index contributed by atoms with van der Waals surface area (Å²) in [6, 6.07) is 11.0. The summed E-state index contributed by atoms with van der Waals surface area (Å²) in [4.78, 5) is 42.4. The van der Waals surface area contributed by atoms with Gasteiger partial charge >= 0.3 is 0 Å². The molecule has 10 heteroatoms. The molecule has 5 rings (SSSR count). The molecule has 1 aliphatic rings. The molecule has 1 aromatic carbocycles. The van der Waals surface area contributed by atoms with Gasteiger partial charge < -0.3 is 9.80 Å². The van der Waals surface area contributed by atoms with E-state index in [2.05, 4.69) is 25.0 Å². The van der Waals surface area contributed by atoms with Crippen LogP contribution in [0.25, 0.3) is 16.7 Å². The molecule has 1 saturated heterocycles. The van der Waals surface area contributed by atoms with Gasteiger partial charge in [0, 0.05) is 38.4 Å². The number of rotatable bonds is 4. The van der Waals surface area contributed by atoms with Crippen molar-refractivity contribution in [3.8, 4) is 5.82 Å². The van der Waals surface area contributed by atoms with E-state index in [1.54, 1.807) is 27.8 Å². The number of nitrogens with zero attached hydrogens (tertiary/aromatic N) is 8. The van der Waals surface area contributed by atoms with E-state index in [0.29, 0.717) is 42.9 Å². The van der Waals surface area contributed by atoms with Crippen molar-refractivity contribution in [2.75, 3.05) is 31.1 Å². The SMILES string of the molecule is Cc1ccn(-c2cc(N3CCN(C(=O)Cn4cnc5ccccc5c4=O)CC3)ncn2)n1. The molecule has 0 atom stereocenters. The predicted octanol–water partition coefficient (Wildman–Crippen LogP) is 1.03. The van der Waals surface area contributed by atoms with Crippen LogP contribution in [0.15, 0.2) is 60.0 Å². The molecule has 0 saturated carbocycles. The van der Waals surface area contributed by atoms with Gasteiger partial charge in [-0.25, -0.2) is 19.6 Å². The zero-order chi connectivity index (χ0) is 22.1. The molecule has 1 fully saturated rings. The molecule has 0 radical (unpaired) electrons. The summed E-state index contributed by atoms with van der Waals surface area (Å²) >= 11 is 0. The average molecular weight is 430 g/mol. The number of benzene rings is 1. The number of hydrogen-bond donors (Lipinski definition) is 0. The molecule has 3 aromatic heterocycles. The van der Waals surface area contributed by atoms with E-state index in [1.807, 2.05) is 31.3 Å². The number of piperazine rings is 1. The van der Waals surface area contributed by atoms with Gasteiger partial charge in [0.2, 0.25) is 5.91 Å². The van der Waals surface area contributed by atoms with Crippen molar-refractivity contribution in [3.05, 3.63) is 71.3 Å². The summed E-state index contributed by atoms with van der Waals surface area (Å²) < 4.78 is 3.09. The summed E-state index contributed by atoms with van der Waals surface area (Å²) in [5.74, 6) is 1.40. The molecule has 0 spiro atoms. The standard InChI is InChI=1S/C22H22N8O2/c1-16-6-7-30(26-16)20-12-19(23-14-24-20)27-8-10-28(11-9-27)21(31)13-29-15-25-18-5-3-2-4-17(18)22(29)32/h2-7,12,14-15H,8-11,13H2,1H3. The van der Waals surface area contributed by atoms with Gasteiger partial charge in [0.25, 0.3) is 5.56 Å². The Bertz CT molecular complexity index is 1340. The van der Waals surface area contributed by atoms with E-state index in [4.69, 9.17) is 0 Å². The molecule has 10 nitrogen and oxygen atoms in total. The van der Waals surface area contributed by atoms with Crippen LogP contribution < -0.4 is 10.5 Å². The first kappa shape index (κ1) is 19.9. The number of aromatic nitrogens is 6. The number of fused-ring (bicyclic) bond motifs is 1. The van der Waals surface area contributed by atoms with E-state index in [9.17, 15) is 9.59 Å². The zero-order valence-corrected chi connectivity index (χ0v) is 17.6. The fourth-order valence-electron chi connectivity index (χ4n) is 3.83. The number of hydrogen-bond acceptors (Lipinski definition) is 7. The normalized spacial score (nSPS) is 14.2. The third-order valence-corrected chi connectivity index (χ3v) is 5.59. The Hall–Kier alpha value is -4.08. The van der Waals surface area contributed by atoms with Crippen LogP contribution in [0.2, 0.25) is 0 Å². The molecular weight excluding hydrogens is 408 g/mol. The maximum absolute atomic E-state index is 12.8. The zero-order valence-electron chi connectivity index (χ0n) is 17.6. The lowest BCUT2D eigenvalue weighted by atomic mass is 10.2. The van der Waals surface area contributed by atoms with E-state index >= 15 is 0 Å². The van der Waals surface area contributed by atoms with E-state index < -0.39 is 0 Å². The molecule has 4 aromatic rings. The predicted molar refractivity (Wildman–Crippen MR) is 119 cm³/mol. The fourth-order valence-corrected chi connectivity index (χ4v) is 3.83. The third kappa shape index (κ3) is 3.82. The van der Waals surface area contributed by atoms with E-state index in [1.165, 1.54) is 17.2 Å². The minimum absolute atomic E-state index is 0.0209. The molecule has 162 valence electrons. The second-order valence-corrected chi connectivity index (χ2v) is 7.70. The lowest BCUT2D eigenvalue weighted by Gasteiger charge is -2.35. The van der Waals surface area contributed by atoms with Gasteiger partial charge in [-0.05, 0) is 25.1 Å². The summed E-state index contributed by atoms with van der Waals surface area (Å²) in [5.41, 5.74) is 1.34. The van der Waals surface area contributed by atoms with Crippen LogP contribution in [0, 0.1) is 6.92 Å². The first-order valence-corrected chi connectivity index (χ1v) is 10.4. The Morgan fingerprint density at radius 1 is 1.00 bits per heavy atom. The Labute approximate surface area is 183 Å². The first-order valence-electron chi connectivity index (χ1n) is 10.4. The van der Waals surface area contributed by atoms with Gasteiger partial charge in [0.1, 0.15) is 18.7 Å². The van der Waals surface area contributed by atoms with Gasteiger partial charge in [0.05, 0.1) is 22.9 Å². The van der Waals surface area contributed by atoms with Gasteiger partial charge in [-0.3, -0.25) is 14.2 Å². The Morgan fingerprint density at radius 2 is 1.78 bits per heavy atom. The Kier molecular flexibility index (Phi) is 5.10. The van der Waals surface area contributed by atoms with Crippen LogP contribution in [-0.4, -0.2) is 66.3 Å². The van der Waals surface area contributed by atoms with Crippen molar-refractivity contribution in [2.24, 2.45) is 0 Å². The highest BCUT2D eigenvalue weighted by Crippen LogP contribution is 2.16. The van der Waals surface area contributed by atoms with Crippen molar-refractivity contribution >= 4 is 22.6 Å². The van der Waals surface area contributed by atoms with Gasteiger partial charge in [-0.15, -0.1) is 0 Å². The monoisotopic (exact) mass is 430 g/mol. The second-order valence-electron chi connectivity index (χ2n) is 7.70. The lowest BCUT2D eigenvalue weighted by Crippen LogP contribution is -2.50. The maximum atomic E-state index is 12.8. The molecule has 0 bridgehead atoms. The number of para-hydroxylation sites is 1. The van der Waals surface area contributed by atoms with Crippen LogP contribution in [0.1, 0.15) is 5.69 Å². The van der Waals surface area contributed by atoms with E-state index in [-0.39, 0.29) is 18.0 Å². The van der Waals surface area contributed by atoms with Gasteiger partial charge in [-0.2, -0.15) is 5.10 Å². The van der Waals surface area contributed by atoms with Crippen LogP contribution in [0.3, 0.4) is 0 Å². The number of carbonyl (C=O) groups is 1. The number of carbonyl (C=O) groups excluding carboxylic acids is 1. The lowest BCUT2D eigenvalue weighted by molar-refractivity contribution is -0.132. The first-order chi connectivity index (χ1) is 15.6. The summed E-state index contributed by atoms with van der Waals surface area (Å²) in [6.45, 7) is 4.30. The molecule has 0 aliphatic carbocycles. The maximum Gasteiger partial charge on any atom is 0.261 e. The third-order valence-electron chi connectivity index (χ3n) is 5.59. The molecule has 0 unspecified atom stereocenters. The van der Waals surface area contributed by atoms with Gasteiger partial charge in [0.15, 0.2) is 5.82 Å². The number of anilines is 1. The Balaban J connectivity index is 1.25. The van der Waals surface area contributed by atoms with Crippen molar-refractivity contribution in [3.63, 3.8) is 0 Å². The molecule has 0 N–H and O–H groups in total. The van der Waals surface area contributed by atoms with Crippen LogP contribution in [0.5, 0.6) is 0 Å². The fraction of sp³-hybridized carbons (Fsp3) is 0.273. The summed E-state index contributed by atoms with van der Waals surface area (Å²) in [5, 5.41) is 4.90. The quantitative estimate of drug-likeness (QED) is 0.476. The topological polar surface area (TPSA) is 102 Å². The van der Waals surface area contributed by atoms with Crippen LogP contribution >= 0.6 is 0 Å². The highest BCUT2D eigenvalue weighted by Gasteiger charge is 2.23. The minimum atomic E-state index is -0.204. The highest BCUT2D eigenvalue weighted by molar-refractivity contribution is 5.79. The van der Waals surface area contributed by atoms with Gasteiger partial charge in [-0.1, -0.05) is 12.1 Å². The number of amides is 1. The summed E-state index contributed by atoms with van der Waals surface area (Å²) in [7, 11) is 0. The van der Waals surface area contributed by atoms with Crippen molar-refractivity contribution in [2.45, 2.75) is 13.5 Å². The largest absolute Gasteiger partial charge is 0.353 e. The van der Waals surface area contributed by atoms with E-state index in [0.717, 1.165) is 11.5 Å². The second kappa shape index (κ2) is 8.22. The molecule has 32 heavy (non-hydrogen) atoms. The van der Waals surface area contributed by atoms with Crippen molar-refractivity contribution in [1.29, 1.82) is 0 Å². The van der Waals surface area contributed by atoms with Crippen molar-refractivity contribution < 1.29 is 4.79 Å². The molecule has 1 aliphatic heterocycles. The number of aryl methyl sites for hydroxylation is 1. The molecule has 4 heterocycles. The molecular formula is C22H22N8O2. The molecule has 1 amide bonds. The van der Waals surface area contributed by atoms with Crippen LogP contribution in [0.4, 0.5) is 5.82 Å². The van der Waals surface area contributed by atoms with Crippen molar-refractivity contribution in [1.82, 2.24) is 34.2 Å². The minimum Gasteiger partial charge on any atom is -0.353 e. The average Bonchev–Trinajstić information content (AvgIpc) is 3.27. The van der Waals surface area contributed by atoms with Crippen LogP contribution in [-0.2, 0) is 11.3 Å². The smallest absolute Gasteiger partial charge is 0.261 e.